The molecule has 0 bridgehead atoms. The predicted octanol–water partition coefficient (Wildman–Crippen LogP) is 4.51. The van der Waals surface area contributed by atoms with Crippen LogP contribution in [0.25, 0.3) is 0 Å². The Labute approximate surface area is 87.1 Å². The molecule has 11 heavy (non-hydrogen) atoms. The SMILES string of the molecule is [C-]1=CC=CC1.[CH3-].[Cl][W]([Cl])([Cl])[Cl]. The van der Waals surface area contributed by atoms with Gasteiger partial charge in [-0.05, 0) is 0 Å². The predicted molar refractivity (Wildman–Crippen MR) is 51.4 cm³/mol. The van der Waals surface area contributed by atoms with E-state index in [-0.39, 0.29) is 7.43 Å². The fourth-order valence-electron chi connectivity index (χ4n) is 0.340. The van der Waals surface area contributed by atoms with Crippen molar-refractivity contribution in [3.63, 3.8) is 0 Å². The second-order valence-corrected chi connectivity index (χ2v) is 26.8. The summed E-state index contributed by atoms with van der Waals surface area (Å²) in [5.41, 5.74) is 0. The molecule has 0 fully saturated rings. The van der Waals surface area contributed by atoms with Crippen LogP contribution in [0.2, 0.25) is 0 Å². The van der Waals surface area contributed by atoms with Crippen LogP contribution in [-0.2, 0) is 11.9 Å². The van der Waals surface area contributed by atoms with E-state index in [9.17, 15) is 0 Å². The summed E-state index contributed by atoms with van der Waals surface area (Å²) in [4.78, 5) is 0. The molecule has 1 aliphatic rings. The van der Waals surface area contributed by atoms with E-state index in [2.05, 4.69) is 12.2 Å². The third-order valence-electron chi connectivity index (χ3n) is 0.586. The number of halogens is 4. The summed E-state index contributed by atoms with van der Waals surface area (Å²) in [6.45, 7) is 0. The van der Waals surface area contributed by atoms with Crippen LogP contribution in [0, 0.1) is 13.5 Å². The first-order chi connectivity index (χ1) is 4.50. The van der Waals surface area contributed by atoms with Crippen LogP contribution < -0.4 is 0 Å². The summed E-state index contributed by atoms with van der Waals surface area (Å²) >= 11 is -3.28. The van der Waals surface area contributed by atoms with E-state index >= 15 is 0 Å². The average molecular weight is 406 g/mol. The Hall–Kier alpha value is 1.33. The zero-order valence-electron chi connectivity index (χ0n) is 5.86. The van der Waals surface area contributed by atoms with E-state index in [0.29, 0.717) is 0 Å². The van der Waals surface area contributed by atoms with Crippen molar-refractivity contribution in [2.75, 3.05) is 0 Å². The van der Waals surface area contributed by atoms with Crippen LogP contribution in [0.15, 0.2) is 18.2 Å². The summed E-state index contributed by atoms with van der Waals surface area (Å²) in [5, 5.41) is 0. The molecule has 0 atom stereocenters. The van der Waals surface area contributed by atoms with Gasteiger partial charge in [-0.1, -0.05) is 0 Å². The van der Waals surface area contributed by atoms with Crippen LogP contribution in [0.5, 0.6) is 0 Å². The topological polar surface area (TPSA) is 0 Å². The third-order valence-corrected chi connectivity index (χ3v) is 0.586. The first-order valence-corrected chi connectivity index (χ1v) is 16.9. The van der Waals surface area contributed by atoms with E-state index in [1.54, 1.807) is 0 Å². The van der Waals surface area contributed by atoms with Crippen LogP contribution in [0.4, 0.5) is 0 Å². The van der Waals surface area contributed by atoms with E-state index in [1.165, 1.54) is 0 Å². The standard InChI is InChI=1S/C5H5.CH3.4ClH.W/c1-2-4-5-3-1;;;;;;/h1-3H,4H2;1H3;4*1H;/q2*-1;;;;;+4/p-4. The summed E-state index contributed by atoms with van der Waals surface area (Å²) in [7, 11) is 20.1. The summed E-state index contributed by atoms with van der Waals surface area (Å²) in [6, 6.07) is 0. The van der Waals surface area contributed by atoms with Crippen molar-refractivity contribution >= 4 is 37.7 Å². The molecule has 0 aromatic heterocycles. The molecule has 0 radical (unpaired) electrons. The molecule has 1 aliphatic carbocycles. The van der Waals surface area contributed by atoms with Crippen LogP contribution in [0.1, 0.15) is 6.42 Å². The molecule has 0 nitrogen and oxygen atoms in total. The van der Waals surface area contributed by atoms with Gasteiger partial charge in [0.25, 0.3) is 0 Å². The van der Waals surface area contributed by atoms with Gasteiger partial charge in [0.1, 0.15) is 0 Å². The van der Waals surface area contributed by atoms with Crippen molar-refractivity contribution in [1.82, 2.24) is 0 Å². The molecule has 0 aromatic carbocycles. The first kappa shape index (κ1) is 14.8. The average Bonchev–Trinajstić information content (AvgIpc) is 2.07. The Balaban J connectivity index is 0. The van der Waals surface area contributed by atoms with Gasteiger partial charge in [-0.25, -0.2) is 12.2 Å². The van der Waals surface area contributed by atoms with Crippen molar-refractivity contribution in [3.8, 4) is 0 Å². The molecule has 5 heteroatoms. The molecule has 68 valence electrons. The molecule has 0 heterocycles. The molecule has 0 spiro atoms. The number of hydrogen-bond acceptors (Lipinski definition) is 0. The molecule has 0 saturated heterocycles. The Kier molecular flexibility index (Phi) is 10.7. The Morgan fingerprint density at radius 1 is 1.18 bits per heavy atom. The quantitative estimate of drug-likeness (QED) is 0.520. The van der Waals surface area contributed by atoms with Gasteiger partial charge in [-0.15, -0.1) is 6.42 Å². The van der Waals surface area contributed by atoms with Gasteiger partial charge in [0.2, 0.25) is 0 Å². The maximum absolute atomic E-state index is 5.03. The third kappa shape index (κ3) is 24.6. The van der Waals surface area contributed by atoms with Gasteiger partial charge in [0, 0.05) is 0 Å². The second kappa shape index (κ2) is 7.95. The number of rotatable bonds is 0. The van der Waals surface area contributed by atoms with Crippen molar-refractivity contribution in [2.24, 2.45) is 0 Å². The minimum absolute atomic E-state index is 0. The van der Waals surface area contributed by atoms with Crippen molar-refractivity contribution in [3.05, 3.63) is 31.7 Å². The summed E-state index contributed by atoms with van der Waals surface area (Å²) in [5.74, 6) is 0. The molecular weight excluding hydrogens is 398 g/mol. The Bertz CT molecular complexity index is 120. The van der Waals surface area contributed by atoms with Gasteiger partial charge < -0.3 is 7.43 Å². The van der Waals surface area contributed by atoms with E-state index in [0.717, 1.165) is 6.42 Å². The van der Waals surface area contributed by atoms with Gasteiger partial charge in [0.05, 0.1) is 0 Å². The Morgan fingerprint density at radius 3 is 1.73 bits per heavy atom. The normalized spacial score (nSPS) is 14.9. The van der Waals surface area contributed by atoms with E-state index in [4.69, 9.17) is 37.7 Å². The Morgan fingerprint density at radius 2 is 1.64 bits per heavy atom. The number of hydrogen-bond donors (Lipinski definition) is 0. The van der Waals surface area contributed by atoms with Crippen molar-refractivity contribution in [2.45, 2.75) is 6.42 Å². The summed E-state index contributed by atoms with van der Waals surface area (Å²) < 4.78 is 0. The molecular formula is C6H8Cl4W-2. The first-order valence-electron chi connectivity index (χ1n) is 2.33. The van der Waals surface area contributed by atoms with E-state index in [1.807, 2.05) is 12.2 Å². The zero-order chi connectivity index (χ0) is 8.04. The molecule has 0 aliphatic heterocycles. The second-order valence-electron chi connectivity index (χ2n) is 1.35. The zero-order valence-corrected chi connectivity index (χ0v) is 11.8. The van der Waals surface area contributed by atoms with Crippen LogP contribution in [0.3, 0.4) is 0 Å². The van der Waals surface area contributed by atoms with E-state index < -0.39 is 11.9 Å². The van der Waals surface area contributed by atoms with Gasteiger partial charge in [-0.2, -0.15) is 6.08 Å². The van der Waals surface area contributed by atoms with Gasteiger partial charge >= 0.3 is 49.6 Å². The van der Waals surface area contributed by atoms with Crippen molar-refractivity contribution in [1.29, 1.82) is 0 Å². The van der Waals surface area contributed by atoms with Crippen LogP contribution in [-0.4, -0.2) is 0 Å². The van der Waals surface area contributed by atoms with Crippen LogP contribution >= 0.6 is 37.7 Å². The molecule has 0 aromatic rings. The minimum atomic E-state index is -3.28. The number of allylic oxidation sites excluding steroid dienone is 4. The fraction of sp³-hybridized carbons (Fsp3) is 0.167. The monoisotopic (exact) mass is 404 g/mol. The van der Waals surface area contributed by atoms with Crippen molar-refractivity contribution < 1.29 is 11.9 Å². The molecule has 1 rings (SSSR count). The van der Waals surface area contributed by atoms with Gasteiger partial charge in [0.15, 0.2) is 0 Å². The summed E-state index contributed by atoms with van der Waals surface area (Å²) in [6.07, 6.45) is 10.0. The molecule has 0 amide bonds. The molecule has 0 saturated carbocycles. The van der Waals surface area contributed by atoms with Gasteiger partial charge in [-0.3, -0.25) is 6.08 Å². The maximum atomic E-state index is 5.03. The fourth-order valence-corrected chi connectivity index (χ4v) is 0.340. The molecule has 0 unspecified atom stereocenters. The molecule has 0 N–H and O–H groups in total.